The number of hydrogen-bond donors (Lipinski definition) is 1. The number of amides is 1. The van der Waals surface area contributed by atoms with Gasteiger partial charge in [0.05, 0.1) is 36.1 Å². The summed E-state index contributed by atoms with van der Waals surface area (Å²) >= 11 is 2.83. The van der Waals surface area contributed by atoms with Crippen molar-refractivity contribution >= 4 is 41.3 Å². The van der Waals surface area contributed by atoms with Gasteiger partial charge in [0.25, 0.3) is 0 Å². The molecule has 0 saturated carbocycles. The third kappa shape index (κ3) is 3.56. The number of carbonyl (C=O) groups is 1. The van der Waals surface area contributed by atoms with E-state index in [2.05, 4.69) is 16.1 Å². The highest BCUT2D eigenvalue weighted by Crippen LogP contribution is 2.50. The van der Waals surface area contributed by atoms with E-state index in [0.717, 1.165) is 33.1 Å². The molecule has 1 aromatic carbocycles. The van der Waals surface area contributed by atoms with Crippen LogP contribution in [0.25, 0.3) is 0 Å². The van der Waals surface area contributed by atoms with Crippen LogP contribution in [-0.2, 0) is 22.2 Å². The van der Waals surface area contributed by atoms with Gasteiger partial charge in [0.15, 0.2) is 0 Å². The summed E-state index contributed by atoms with van der Waals surface area (Å²) < 4.78 is 7.27. The quantitative estimate of drug-likeness (QED) is 0.442. The predicted octanol–water partition coefficient (Wildman–Crippen LogP) is 3.11. The second kappa shape index (κ2) is 7.95. The molecule has 1 amide bonds. The first-order chi connectivity index (χ1) is 14.7. The summed E-state index contributed by atoms with van der Waals surface area (Å²) in [6.45, 7) is 0.709. The Labute approximate surface area is 182 Å². The third-order valence-electron chi connectivity index (χ3n) is 5.14. The van der Waals surface area contributed by atoms with Crippen LogP contribution in [0.15, 0.2) is 53.8 Å². The molecule has 2 aromatic heterocycles. The van der Waals surface area contributed by atoms with Gasteiger partial charge in [-0.25, -0.2) is 9.15 Å². The van der Waals surface area contributed by atoms with Crippen molar-refractivity contribution in [1.29, 1.82) is 0 Å². The van der Waals surface area contributed by atoms with Crippen LogP contribution in [-0.4, -0.2) is 42.9 Å². The highest BCUT2D eigenvalue weighted by molar-refractivity contribution is 7.97. The third-order valence-corrected chi connectivity index (χ3v) is 6.28. The van der Waals surface area contributed by atoms with Crippen molar-refractivity contribution in [2.75, 3.05) is 17.9 Å². The van der Waals surface area contributed by atoms with E-state index < -0.39 is 5.92 Å². The maximum absolute atomic E-state index is 12.9. The van der Waals surface area contributed by atoms with Gasteiger partial charge in [-0.05, 0) is 35.9 Å². The molecule has 154 valence electrons. The van der Waals surface area contributed by atoms with Crippen LogP contribution in [0.2, 0.25) is 0 Å². The lowest BCUT2D eigenvalue weighted by Gasteiger charge is -2.22. The van der Waals surface area contributed by atoms with Crippen molar-refractivity contribution in [3.05, 3.63) is 65.7 Å². The number of carbonyl (C=O) groups excluding carboxylic acids is 1. The molecule has 3 aromatic rings. The van der Waals surface area contributed by atoms with Crippen LogP contribution in [0.1, 0.15) is 22.7 Å². The normalized spacial score (nSPS) is 15.1. The summed E-state index contributed by atoms with van der Waals surface area (Å²) in [6, 6.07) is 9.67. The zero-order valence-electron chi connectivity index (χ0n) is 16.1. The Morgan fingerprint density at radius 3 is 2.80 bits per heavy atom. The molecule has 5 rings (SSSR count). The van der Waals surface area contributed by atoms with Crippen LogP contribution in [0.3, 0.4) is 0 Å². The molecule has 1 N–H and O–H groups in total. The number of nitrogens with zero attached hydrogens (tertiary/aromatic N) is 5. The zero-order valence-corrected chi connectivity index (χ0v) is 17.8. The minimum absolute atomic E-state index is 0.0964. The van der Waals surface area contributed by atoms with Crippen LogP contribution in [0.5, 0.6) is 0 Å². The Bertz CT molecular complexity index is 1070. The maximum Gasteiger partial charge on any atom is 0.233 e. The molecule has 8 nitrogen and oxygen atoms in total. The smallest absolute Gasteiger partial charge is 0.233 e. The lowest BCUT2D eigenvalue weighted by atomic mass is 10.00. The Morgan fingerprint density at radius 2 is 2.07 bits per heavy atom. The molecule has 0 bridgehead atoms. The molecule has 10 heteroatoms. The minimum atomic E-state index is -0.580. The largest absolute Gasteiger partial charge is 0.395 e. The monoisotopic (exact) mass is 441 g/mol. The second-order valence-electron chi connectivity index (χ2n) is 6.99. The van der Waals surface area contributed by atoms with E-state index in [1.54, 1.807) is 34.5 Å². The average molecular weight is 442 g/mol. The van der Waals surface area contributed by atoms with E-state index in [0.29, 0.717) is 13.1 Å². The molecule has 30 heavy (non-hydrogen) atoms. The molecular formula is C20H19N5O3S2. The van der Waals surface area contributed by atoms with Gasteiger partial charge in [0.2, 0.25) is 5.91 Å². The fraction of sp³-hybridized carbons (Fsp3) is 0.250. The molecule has 2 aliphatic rings. The number of hydrogen-bond acceptors (Lipinski definition) is 8. The second-order valence-corrected chi connectivity index (χ2v) is 8.50. The molecule has 0 fully saturated rings. The van der Waals surface area contributed by atoms with Crippen LogP contribution in [0, 0.1) is 0 Å². The molecule has 0 aliphatic carbocycles. The van der Waals surface area contributed by atoms with E-state index in [4.69, 9.17) is 4.28 Å². The van der Waals surface area contributed by atoms with Gasteiger partial charge < -0.3 is 10.0 Å². The lowest BCUT2D eigenvalue weighted by molar-refractivity contribution is -0.134. The standard InChI is InChI=1S/C20H19N5O3S2/c1-29-28-25-18-3-2-15(8-19(18)25)30-24-10-14-9-23(11-17(14)22-24)20(27)16(12-26)13-4-6-21-7-5-13/h2-8,10,16,26H,9,11-12H2,1H3. The fourth-order valence-electron chi connectivity index (χ4n) is 3.60. The van der Waals surface area contributed by atoms with Gasteiger partial charge in [-0.2, -0.15) is 9.38 Å². The topological polar surface area (TPSA) is 83.5 Å². The van der Waals surface area contributed by atoms with E-state index in [-0.39, 0.29) is 12.5 Å². The van der Waals surface area contributed by atoms with Crippen molar-refractivity contribution in [2.24, 2.45) is 0 Å². The SMILES string of the molecule is CSON1c2ccc(Sn3cc4c(n3)CN(C(=O)C(CO)c3ccncc3)C4)cc21. The van der Waals surface area contributed by atoms with E-state index in [1.165, 1.54) is 24.0 Å². The Kier molecular flexibility index (Phi) is 5.15. The average Bonchev–Trinajstić information content (AvgIpc) is 3.07. The van der Waals surface area contributed by atoms with E-state index in [9.17, 15) is 9.90 Å². The van der Waals surface area contributed by atoms with Crippen molar-refractivity contribution in [1.82, 2.24) is 19.1 Å². The van der Waals surface area contributed by atoms with E-state index >= 15 is 0 Å². The number of aliphatic hydroxyl groups excluding tert-OH is 1. The van der Waals surface area contributed by atoms with Crippen molar-refractivity contribution < 1.29 is 14.2 Å². The maximum atomic E-state index is 12.9. The van der Waals surface area contributed by atoms with Crippen LogP contribution < -0.4 is 5.06 Å². The van der Waals surface area contributed by atoms with Gasteiger partial charge >= 0.3 is 0 Å². The van der Waals surface area contributed by atoms with Crippen molar-refractivity contribution in [2.45, 2.75) is 23.9 Å². The first-order valence-corrected chi connectivity index (χ1v) is 11.3. The van der Waals surface area contributed by atoms with Gasteiger partial charge in [-0.1, -0.05) is 0 Å². The Balaban J connectivity index is 1.24. The summed E-state index contributed by atoms with van der Waals surface area (Å²) in [4.78, 5) is 19.7. The minimum Gasteiger partial charge on any atom is -0.395 e. The van der Waals surface area contributed by atoms with Gasteiger partial charge in [0, 0.05) is 65.8 Å². The number of rotatable bonds is 7. The molecule has 0 radical (unpaired) electrons. The summed E-state index contributed by atoms with van der Waals surface area (Å²) in [6.07, 6.45) is 7.11. The van der Waals surface area contributed by atoms with Gasteiger partial charge in [-0.15, -0.1) is 0 Å². The molecule has 2 aliphatic heterocycles. The summed E-state index contributed by atoms with van der Waals surface area (Å²) in [7, 11) is 0. The molecule has 0 spiro atoms. The van der Waals surface area contributed by atoms with Crippen LogP contribution in [0.4, 0.5) is 11.4 Å². The van der Waals surface area contributed by atoms with Gasteiger partial charge in [-0.3, -0.25) is 9.78 Å². The van der Waals surface area contributed by atoms with Crippen LogP contribution >= 0.6 is 24.0 Å². The Morgan fingerprint density at radius 1 is 1.23 bits per heavy atom. The number of aliphatic hydroxyl groups is 1. The lowest BCUT2D eigenvalue weighted by Crippen LogP contribution is -2.32. The number of anilines is 2. The molecule has 1 unspecified atom stereocenters. The highest BCUT2D eigenvalue weighted by Gasteiger charge is 2.33. The van der Waals surface area contributed by atoms with Crippen molar-refractivity contribution in [3.8, 4) is 0 Å². The number of aromatic nitrogens is 3. The van der Waals surface area contributed by atoms with E-state index in [1.807, 2.05) is 28.7 Å². The summed E-state index contributed by atoms with van der Waals surface area (Å²) in [5.41, 5.74) is 4.84. The summed E-state index contributed by atoms with van der Waals surface area (Å²) in [5.74, 6) is -0.676. The van der Waals surface area contributed by atoms with Crippen molar-refractivity contribution in [3.63, 3.8) is 0 Å². The molecule has 1 atom stereocenters. The number of fused-ring (bicyclic) bond motifs is 2. The molecular weight excluding hydrogens is 422 g/mol. The Hall–Kier alpha value is -2.53. The number of benzene rings is 1. The fourth-order valence-corrected chi connectivity index (χ4v) is 4.73. The van der Waals surface area contributed by atoms with Gasteiger partial charge in [0.1, 0.15) is 0 Å². The predicted molar refractivity (Wildman–Crippen MR) is 115 cm³/mol. The number of pyridine rings is 1. The molecule has 0 saturated heterocycles. The highest BCUT2D eigenvalue weighted by atomic mass is 32.2. The summed E-state index contributed by atoms with van der Waals surface area (Å²) in [5, 5.41) is 16.2. The molecule has 4 heterocycles. The first kappa shape index (κ1) is 19.4. The zero-order chi connectivity index (χ0) is 20.7. The first-order valence-electron chi connectivity index (χ1n) is 9.38.